The van der Waals surface area contributed by atoms with Gasteiger partial charge in [0, 0.05) is 6.04 Å². The highest BCUT2D eigenvalue weighted by Gasteiger charge is 2.18. The molecular formula is C12H17NO. The summed E-state index contributed by atoms with van der Waals surface area (Å²) >= 11 is 0. The average Bonchev–Trinajstić information content (AvgIpc) is 2.19. The Bertz CT molecular complexity index is 322. The number of aromatic hydroxyl groups is 1. The summed E-state index contributed by atoms with van der Waals surface area (Å²) in [6.45, 7) is 3.25. The van der Waals surface area contributed by atoms with Crippen LogP contribution < -0.4 is 5.32 Å². The molecule has 2 nitrogen and oxygen atoms in total. The number of hydrogen-bond acceptors (Lipinski definition) is 2. The molecule has 2 heteroatoms. The number of hydrogen-bond donors (Lipinski definition) is 2. The Morgan fingerprint density at radius 2 is 2.36 bits per heavy atom. The first-order chi connectivity index (χ1) is 6.81. The maximum atomic E-state index is 9.45. The van der Waals surface area contributed by atoms with Crippen LogP contribution in [0.4, 0.5) is 0 Å². The van der Waals surface area contributed by atoms with Gasteiger partial charge in [0.05, 0.1) is 0 Å². The van der Waals surface area contributed by atoms with Crippen molar-refractivity contribution in [3.8, 4) is 5.75 Å². The molecule has 1 aromatic carbocycles. The zero-order valence-electron chi connectivity index (χ0n) is 8.59. The molecule has 1 heterocycles. The highest BCUT2D eigenvalue weighted by molar-refractivity contribution is 5.38. The third-order valence-electron chi connectivity index (χ3n) is 2.87. The summed E-state index contributed by atoms with van der Waals surface area (Å²) < 4.78 is 0. The van der Waals surface area contributed by atoms with Crippen molar-refractivity contribution in [1.29, 1.82) is 0 Å². The Morgan fingerprint density at radius 1 is 1.50 bits per heavy atom. The third kappa shape index (κ3) is 1.75. The van der Waals surface area contributed by atoms with Crippen LogP contribution in [0, 0.1) is 0 Å². The van der Waals surface area contributed by atoms with E-state index in [1.807, 2.05) is 12.1 Å². The predicted octanol–water partition coefficient (Wildman–Crippen LogP) is 2.38. The molecule has 0 spiro atoms. The molecular weight excluding hydrogens is 174 g/mol. The van der Waals surface area contributed by atoms with E-state index in [2.05, 4.69) is 12.2 Å². The lowest BCUT2D eigenvalue weighted by Crippen LogP contribution is -2.29. The van der Waals surface area contributed by atoms with Gasteiger partial charge in [0.15, 0.2) is 0 Å². The first-order valence-electron chi connectivity index (χ1n) is 5.36. The van der Waals surface area contributed by atoms with Crippen LogP contribution in [0.2, 0.25) is 0 Å². The van der Waals surface area contributed by atoms with E-state index in [1.54, 1.807) is 6.07 Å². The minimum absolute atomic E-state index is 0.383. The standard InChI is InChI=1S/C12H17NO/c1-2-3-12-11-8-10(14)5-4-9(11)6-7-13-12/h4-5,8,12-14H,2-3,6-7H2,1H3. The first kappa shape index (κ1) is 9.53. The van der Waals surface area contributed by atoms with Crippen molar-refractivity contribution in [2.24, 2.45) is 0 Å². The molecule has 1 atom stereocenters. The second-order valence-electron chi connectivity index (χ2n) is 3.93. The highest BCUT2D eigenvalue weighted by Crippen LogP contribution is 2.29. The van der Waals surface area contributed by atoms with Gasteiger partial charge in [-0.3, -0.25) is 0 Å². The van der Waals surface area contributed by atoms with E-state index in [0.29, 0.717) is 11.8 Å². The summed E-state index contributed by atoms with van der Waals surface area (Å²) in [7, 11) is 0. The molecule has 2 N–H and O–H groups in total. The second kappa shape index (κ2) is 4.01. The first-order valence-corrected chi connectivity index (χ1v) is 5.36. The summed E-state index contributed by atoms with van der Waals surface area (Å²) in [5.41, 5.74) is 2.68. The molecule has 0 bridgehead atoms. The normalized spacial score (nSPS) is 20.5. The lowest BCUT2D eigenvalue weighted by molar-refractivity contribution is 0.452. The number of fused-ring (bicyclic) bond motifs is 1. The van der Waals surface area contributed by atoms with Gasteiger partial charge in [-0.25, -0.2) is 0 Å². The second-order valence-corrected chi connectivity index (χ2v) is 3.93. The Morgan fingerprint density at radius 3 is 3.14 bits per heavy atom. The maximum Gasteiger partial charge on any atom is 0.115 e. The molecule has 0 radical (unpaired) electrons. The summed E-state index contributed by atoms with van der Waals surface area (Å²) in [4.78, 5) is 0. The van der Waals surface area contributed by atoms with Crippen molar-refractivity contribution in [1.82, 2.24) is 5.32 Å². The summed E-state index contributed by atoms with van der Waals surface area (Å²) in [6.07, 6.45) is 3.40. The minimum Gasteiger partial charge on any atom is -0.508 e. The number of nitrogens with one attached hydrogen (secondary N) is 1. The average molecular weight is 191 g/mol. The maximum absolute atomic E-state index is 9.45. The van der Waals surface area contributed by atoms with E-state index in [-0.39, 0.29) is 0 Å². The molecule has 1 aromatic rings. The zero-order valence-corrected chi connectivity index (χ0v) is 8.59. The summed E-state index contributed by atoms with van der Waals surface area (Å²) in [5, 5.41) is 12.9. The van der Waals surface area contributed by atoms with Gasteiger partial charge in [0.25, 0.3) is 0 Å². The Kier molecular flexibility index (Phi) is 2.73. The van der Waals surface area contributed by atoms with Crippen molar-refractivity contribution < 1.29 is 5.11 Å². The molecule has 0 aromatic heterocycles. The van der Waals surface area contributed by atoms with E-state index in [4.69, 9.17) is 0 Å². The summed E-state index contributed by atoms with van der Waals surface area (Å²) in [5.74, 6) is 0.383. The smallest absolute Gasteiger partial charge is 0.115 e. The molecule has 76 valence electrons. The molecule has 0 saturated carbocycles. The molecule has 1 aliphatic rings. The van der Waals surface area contributed by atoms with Gasteiger partial charge in [-0.15, -0.1) is 0 Å². The molecule has 0 saturated heterocycles. The minimum atomic E-state index is 0.383. The van der Waals surface area contributed by atoms with E-state index in [0.717, 1.165) is 19.4 Å². The fourth-order valence-corrected chi connectivity index (χ4v) is 2.17. The molecule has 2 rings (SSSR count). The predicted molar refractivity (Wildman–Crippen MR) is 57.5 cm³/mol. The quantitative estimate of drug-likeness (QED) is 0.752. The SMILES string of the molecule is CCCC1NCCc2ccc(O)cc21. The van der Waals surface area contributed by atoms with Crippen LogP contribution in [-0.4, -0.2) is 11.7 Å². The van der Waals surface area contributed by atoms with Gasteiger partial charge in [-0.05, 0) is 42.6 Å². The van der Waals surface area contributed by atoms with E-state index in [1.165, 1.54) is 17.5 Å². The highest BCUT2D eigenvalue weighted by atomic mass is 16.3. The molecule has 14 heavy (non-hydrogen) atoms. The van der Waals surface area contributed by atoms with Crippen LogP contribution in [0.3, 0.4) is 0 Å². The van der Waals surface area contributed by atoms with Crippen molar-refractivity contribution >= 4 is 0 Å². The van der Waals surface area contributed by atoms with Gasteiger partial charge in [0.1, 0.15) is 5.75 Å². The van der Waals surface area contributed by atoms with Crippen LogP contribution >= 0.6 is 0 Å². The van der Waals surface area contributed by atoms with Gasteiger partial charge >= 0.3 is 0 Å². The fraction of sp³-hybridized carbons (Fsp3) is 0.500. The van der Waals surface area contributed by atoms with Crippen molar-refractivity contribution in [2.75, 3.05) is 6.54 Å². The van der Waals surface area contributed by atoms with Gasteiger partial charge in [-0.2, -0.15) is 0 Å². The van der Waals surface area contributed by atoms with Crippen molar-refractivity contribution in [3.05, 3.63) is 29.3 Å². The lowest BCUT2D eigenvalue weighted by atomic mass is 9.92. The molecule has 0 aliphatic carbocycles. The van der Waals surface area contributed by atoms with Crippen molar-refractivity contribution in [2.45, 2.75) is 32.2 Å². The van der Waals surface area contributed by atoms with Gasteiger partial charge in [-0.1, -0.05) is 19.4 Å². The molecule has 1 unspecified atom stereocenters. The number of phenols is 1. The van der Waals surface area contributed by atoms with Gasteiger partial charge in [0.2, 0.25) is 0 Å². The monoisotopic (exact) mass is 191 g/mol. The van der Waals surface area contributed by atoms with Gasteiger partial charge < -0.3 is 10.4 Å². The molecule has 0 fully saturated rings. The van der Waals surface area contributed by atoms with Crippen LogP contribution in [0.1, 0.15) is 36.9 Å². The van der Waals surface area contributed by atoms with Crippen LogP contribution in [0.15, 0.2) is 18.2 Å². The summed E-state index contributed by atoms with van der Waals surface area (Å²) in [6, 6.07) is 6.18. The van der Waals surface area contributed by atoms with Crippen LogP contribution in [-0.2, 0) is 6.42 Å². The van der Waals surface area contributed by atoms with E-state index >= 15 is 0 Å². The number of benzene rings is 1. The number of rotatable bonds is 2. The Hall–Kier alpha value is -1.02. The van der Waals surface area contributed by atoms with Crippen LogP contribution in [0.5, 0.6) is 5.75 Å². The van der Waals surface area contributed by atoms with Crippen LogP contribution in [0.25, 0.3) is 0 Å². The fourth-order valence-electron chi connectivity index (χ4n) is 2.17. The molecule has 0 amide bonds. The third-order valence-corrected chi connectivity index (χ3v) is 2.87. The molecule has 1 aliphatic heterocycles. The van der Waals surface area contributed by atoms with E-state index < -0.39 is 0 Å². The zero-order chi connectivity index (χ0) is 9.97. The Labute approximate surface area is 85.0 Å². The largest absolute Gasteiger partial charge is 0.508 e. The van der Waals surface area contributed by atoms with E-state index in [9.17, 15) is 5.11 Å². The number of phenolic OH excluding ortho intramolecular Hbond substituents is 1. The lowest BCUT2D eigenvalue weighted by Gasteiger charge is -2.26. The Balaban J connectivity index is 2.32. The van der Waals surface area contributed by atoms with Crippen molar-refractivity contribution in [3.63, 3.8) is 0 Å². The topological polar surface area (TPSA) is 32.3 Å².